The van der Waals surface area contributed by atoms with Crippen LogP contribution in [0.4, 0.5) is 0 Å². The van der Waals surface area contributed by atoms with Gasteiger partial charge < -0.3 is 24.0 Å². The predicted molar refractivity (Wildman–Crippen MR) is 273 cm³/mol. The average Bonchev–Trinajstić information content (AvgIpc) is 3.28. The number of hydrogen-bond acceptors (Lipinski definition) is 8. The number of carbonyl (C=O) groups excluding carboxylic acids is 3. The van der Waals surface area contributed by atoms with Gasteiger partial charge in [0.15, 0.2) is 0 Å². The molecule has 0 aliphatic carbocycles. The summed E-state index contributed by atoms with van der Waals surface area (Å²) in [7, 11) is 4.09. The van der Waals surface area contributed by atoms with E-state index in [1.54, 1.807) is 0 Å². The molecular formula is C56H110N2O6. The highest BCUT2D eigenvalue weighted by Gasteiger charge is 2.20. The molecule has 8 nitrogen and oxygen atoms in total. The number of unbranched alkanes of at least 4 members (excludes halogenated alkanes) is 26. The monoisotopic (exact) mass is 907 g/mol. The fourth-order valence-electron chi connectivity index (χ4n) is 8.83. The van der Waals surface area contributed by atoms with Crippen molar-refractivity contribution in [3.63, 3.8) is 0 Å². The van der Waals surface area contributed by atoms with Crippen molar-refractivity contribution >= 4 is 17.9 Å². The standard InChI is InChI=1S/C56H110N2O6/c1-7-11-15-19-25-33-42-52(40-31-17-13-9-3)55(60)63-49-37-29-23-21-27-35-46-58(48-44-54(59)62-51-39-45-57(5)6)47-36-28-22-24-30-38-50-64-56(61)53(41-32-18-14-10-4)43-34-26-20-16-12-8-2/h52-53H,7-51H2,1-6H3. The molecule has 0 aliphatic rings. The van der Waals surface area contributed by atoms with Gasteiger partial charge in [0.1, 0.15) is 0 Å². The lowest BCUT2D eigenvalue weighted by Crippen LogP contribution is -2.29. The molecule has 0 saturated carbocycles. The Morgan fingerprint density at radius 2 is 0.656 bits per heavy atom. The van der Waals surface area contributed by atoms with Crippen LogP contribution in [0, 0.1) is 11.8 Å². The maximum atomic E-state index is 13.0. The van der Waals surface area contributed by atoms with Gasteiger partial charge in [-0.2, -0.15) is 0 Å². The minimum absolute atomic E-state index is 0.0517. The zero-order valence-electron chi connectivity index (χ0n) is 43.8. The van der Waals surface area contributed by atoms with Gasteiger partial charge in [-0.1, -0.05) is 207 Å². The summed E-state index contributed by atoms with van der Waals surface area (Å²) in [5, 5.41) is 0. The topological polar surface area (TPSA) is 85.4 Å². The van der Waals surface area contributed by atoms with Crippen LogP contribution in [0.1, 0.15) is 272 Å². The van der Waals surface area contributed by atoms with E-state index in [0.717, 1.165) is 122 Å². The van der Waals surface area contributed by atoms with Gasteiger partial charge in [0.2, 0.25) is 0 Å². The van der Waals surface area contributed by atoms with E-state index < -0.39 is 0 Å². The first-order valence-electron chi connectivity index (χ1n) is 28.1. The molecule has 0 aromatic heterocycles. The predicted octanol–water partition coefficient (Wildman–Crippen LogP) is 15.6. The summed E-state index contributed by atoms with van der Waals surface area (Å²) < 4.78 is 17.2. The van der Waals surface area contributed by atoms with E-state index in [2.05, 4.69) is 37.5 Å². The van der Waals surface area contributed by atoms with Crippen molar-refractivity contribution in [3.05, 3.63) is 0 Å². The van der Waals surface area contributed by atoms with Gasteiger partial charge in [-0.25, -0.2) is 0 Å². The summed E-state index contributed by atoms with van der Waals surface area (Å²) in [6, 6.07) is 0. The molecule has 2 atom stereocenters. The van der Waals surface area contributed by atoms with Crippen molar-refractivity contribution in [2.75, 3.05) is 60.1 Å². The van der Waals surface area contributed by atoms with Gasteiger partial charge in [-0.15, -0.1) is 0 Å². The third-order valence-corrected chi connectivity index (χ3v) is 13.2. The van der Waals surface area contributed by atoms with E-state index in [0.29, 0.717) is 26.2 Å². The number of carbonyl (C=O) groups is 3. The fourth-order valence-corrected chi connectivity index (χ4v) is 8.83. The Kier molecular flexibility index (Phi) is 48.0. The largest absolute Gasteiger partial charge is 0.466 e. The summed E-state index contributed by atoms with van der Waals surface area (Å²) in [6.45, 7) is 14.3. The van der Waals surface area contributed by atoms with Crippen molar-refractivity contribution in [1.29, 1.82) is 0 Å². The third-order valence-electron chi connectivity index (χ3n) is 13.2. The minimum atomic E-state index is -0.0828. The summed E-state index contributed by atoms with van der Waals surface area (Å²) in [6.07, 6.45) is 43.7. The van der Waals surface area contributed by atoms with Crippen LogP contribution >= 0.6 is 0 Å². The summed E-state index contributed by atoms with van der Waals surface area (Å²) in [5.74, 6) is 0.190. The maximum Gasteiger partial charge on any atom is 0.308 e. The molecule has 0 aliphatic heterocycles. The van der Waals surface area contributed by atoms with Crippen LogP contribution in [-0.4, -0.2) is 87.8 Å². The first-order valence-corrected chi connectivity index (χ1v) is 28.1. The SMILES string of the molecule is CCCCCCCCC(CCCCCC)C(=O)OCCCCCCCCN(CCCCCCCCOC(=O)C(CCCCCC)CCCCCCCC)CCC(=O)OCCCN(C)C. The van der Waals surface area contributed by atoms with E-state index in [4.69, 9.17) is 14.2 Å². The van der Waals surface area contributed by atoms with Gasteiger partial charge in [0.05, 0.1) is 38.1 Å². The Morgan fingerprint density at radius 3 is 1.03 bits per heavy atom. The van der Waals surface area contributed by atoms with Gasteiger partial charge in [-0.3, -0.25) is 14.4 Å². The number of esters is 3. The van der Waals surface area contributed by atoms with Gasteiger partial charge in [0, 0.05) is 13.1 Å². The van der Waals surface area contributed by atoms with Crippen molar-refractivity contribution < 1.29 is 28.6 Å². The Bertz CT molecular complexity index is 946. The van der Waals surface area contributed by atoms with Crippen LogP contribution in [0.5, 0.6) is 0 Å². The number of hydrogen-bond donors (Lipinski definition) is 0. The van der Waals surface area contributed by atoms with Gasteiger partial charge in [-0.05, 0) is 85.0 Å². The quantitative estimate of drug-likeness (QED) is 0.0339. The summed E-state index contributed by atoms with van der Waals surface area (Å²) >= 11 is 0. The number of nitrogens with zero attached hydrogens (tertiary/aromatic N) is 2. The molecule has 0 rings (SSSR count). The lowest BCUT2D eigenvalue weighted by atomic mass is 9.94. The van der Waals surface area contributed by atoms with E-state index in [1.165, 1.54) is 141 Å². The van der Waals surface area contributed by atoms with Gasteiger partial charge in [0.25, 0.3) is 0 Å². The lowest BCUT2D eigenvalue weighted by Gasteiger charge is -2.22. The zero-order chi connectivity index (χ0) is 47.0. The van der Waals surface area contributed by atoms with E-state index in [9.17, 15) is 14.4 Å². The normalized spacial score (nSPS) is 12.6. The van der Waals surface area contributed by atoms with Crippen LogP contribution < -0.4 is 0 Å². The first kappa shape index (κ1) is 62.3. The molecule has 0 aromatic rings. The van der Waals surface area contributed by atoms with E-state index >= 15 is 0 Å². The van der Waals surface area contributed by atoms with Crippen LogP contribution in [0.25, 0.3) is 0 Å². The maximum absolute atomic E-state index is 13.0. The van der Waals surface area contributed by atoms with E-state index in [-0.39, 0.29) is 29.7 Å². The molecule has 0 bridgehead atoms. The average molecular weight is 908 g/mol. The van der Waals surface area contributed by atoms with Crippen LogP contribution in [0.15, 0.2) is 0 Å². The molecule has 0 saturated heterocycles. The lowest BCUT2D eigenvalue weighted by molar-refractivity contribution is -0.150. The van der Waals surface area contributed by atoms with Crippen molar-refractivity contribution in [3.8, 4) is 0 Å². The van der Waals surface area contributed by atoms with Crippen molar-refractivity contribution in [2.45, 2.75) is 272 Å². The second-order valence-electron chi connectivity index (χ2n) is 19.8. The molecule has 0 fully saturated rings. The smallest absolute Gasteiger partial charge is 0.308 e. The van der Waals surface area contributed by atoms with Crippen molar-refractivity contribution in [1.82, 2.24) is 9.80 Å². The number of ether oxygens (including phenoxy) is 3. The fraction of sp³-hybridized carbons (Fsp3) is 0.946. The first-order chi connectivity index (χ1) is 31.3. The molecule has 0 aromatic carbocycles. The Hall–Kier alpha value is -1.67. The van der Waals surface area contributed by atoms with Gasteiger partial charge >= 0.3 is 17.9 Å². The molecule has 0 heterocycles. The molecule has 380 valence electrons. The molecule has 0 amide bonds. The Morgan fingerprint density at radius 1 is 0.344 bits per heavy atom. The molecule has 8 heteroatoms. The molecule has 0 N–H and O–H groups in total. The van der Waals surface area contributed by atoms with Crippen LogP contribution in [0.2, 0.25) is 0 Å². The van der Waals surface area contributed by atoms with E-state index in [1.807, 2.05) is 14.1 Å². The third kappa shape index (κ3) is 42.9. The highest BCUT2D eigenvalue weighted by atomic mass is 16.5. The number of rotatable bonds is 51. The molecular weight excluding hydrogens is 797 g/mol. The highest BCUT2D eigenvalue weighted by molar-refractivity contribution is 5.72. The minimum Gasteiger partial charge on any atom is -0.466 e. The molecule has 0 spiro atoms. The summed E-state index contributed by atoms with van der Waals surface area (Å²) in [4.78, 5) is 43.2. The summed E-state index contributed by atoms with van der Waals surface area (Å²) in [5.41, 5.74) is 0. The molecule has 0 radical (unpaired) electrons. The Balaban J connectivity index is 4.55. The second-order valence-corrected chi connectivity index (χ2v) is 19.8. The second kappa shape index (κ2) is 49.2. The zero-order valence-corrected chi connectivity index (χ0v) is 43.8. The molecule has 64 heavy (non-hydrogen) atoms. The van der Waals surface area contributed by atoms with Crippen molar-refractivity contribution in [2.24, 2.45) is 11.8 Å². The molecule has 2 unspecified atom stereocenters. The van der Waals surface area contributed by atoms with Crippen LogP contribution in [0.3, 0.4) is 0 Å². The van der Waals surface area contributed by atoms with Crippen LogP contribution in [-0.2, 0) is 28.6 Å². The Labute approximate surface area is 398 Å². The highest BCUT2D eigenvalue weighted by Crippen LogP contribution is 2.22.